The summed E-state index contributed by atoms with van der Waals surface area (Å²) >= 11 is 2.83. The highest BCUT2D eigenvalue weighted by Gasteiger charge is 2.34. The Morgan fingerprint density at radius 2 is 1.89 bits per heavy atom. The molecule has 0 spiro atoms. The molecule has 27 heavy (non-hydrogen) atoms. The largest absolute Gasteiger partial charge is 0.336 e. The molecule has 0 bridgehead atoms. The fourth-order valence-corrected chi connectivity index (χ4v) is 8.02. The van der Waals surface area contributed by atoms with Crippen LogP contribution in [0.1, 0.15) is 22.5 Å². The van der Waals surface area contributed by atoms with Crippen molar-refractivity contribution in [3.8, 4) is 0 Å². The molecule has 0 aliphatic carbocycles. The van der Waals surface area contributed by atoms with Gasteiger partial charge >= 0.3 is 0 Å². The fourth-order valence-electron chi connectivity index (χ4n) is 3.29. The van der Waals surface area contributed by atoms with Gasteiger partial charge in [-0.1, -0.05) is 0 Å². The van der Waals surface area contributed by atoms with E-state index in [0.717, 1.165) is 29.1 Å². The third kappa shape index (κ3) is 5.04. The maximum atomic E-state index is 13.0. The van der Waals surface area contributed by atoms with E-state index in [1.54, 1.807) is 22.0 Å². The Hall–Kier alpha value is -0.660. The number of hydrogen-bond donors (Lipinski definition) is 1. The van der Waals surface area contributed by atoms with Gasteiger partial charge in [-0.05, 0) is 24.3 Å². The number of nitrogens with one attached hydrogen (secondary N) is 1. The first-order valence-corrected chi connectivity index (χ1v) is 14.0. The molecule has 1 unspecified atom stereocenters. The van der Waals surface area contributed by atoms with Crippen LogP contribution in [-0.2, 0) is 20.0 Å². The van der Waals surface area contributed by atoms with E-state index >= 15 is 0 Å². The number of amides is 1. The lowest BCUT2D eigenvalue weighted by Gasteiger charge is -2.33. The maximum Gasteiger partial charge on any atom is 0.265 e. The number of rotatable bonds is 5. The van der Waals surface area contributed by atoms with Crippen molar-refractivity contribution in [3.05, 3.63) is 16.3 Å². The highest BCUT2D eigenvalue weighted by molar-refractivity contribution is 7.99. The van der Waals surface area contributed by atoms with Crippen molar-refractivity contribution in [3.63, 3.8) is 0 Å². The van der Waals surface area contributed by atoms with Crippen molar-refractivity contribution in [2.24, 2.45) is 0 Å². The topological polar surface area (TPSA) is 104 Å². The monoisotopic (exact) mass is 453 g/mol. The Morgan fingerprint density at radius 3 is 2.56 bits per heavy atom. The first-order valence-electron chi connectivity index (χ1n) is 8.60. The van der Waals surface area contributed by atoms with E-state index in [2.05, 4.69) is 4.72 Å². The number of thioether (sulfide) groups is 1. The van der Waals surface area contributed by atoms with E-state index in [4.69, 9.17) is 0 Å². The van der Waals surface area contributed by atoms with Crippen molar-refractivity contribution in [2.45, 2.75) is 23.8 Å². The summed E-state index contributed by atoms with van der Waals surface area (Å²) in [6.07, 6.45) is 2.41. The molecule has 1 atom stereocenters. The summed E-state index contributed by atoms with van der Waals surface area (Å²) < 4.78 is 52.8. The molecule has 12 heteroatoms. The van der Waals surface area contributed by atoms with Crippen LogP contribution in [0.4, 0.5) is 0 Å². The summed E-state index contributed by atoms with van der Waals surface area (Å²) in [7, 11) is -7.07. The second-order valence-electron chi connectivity index (χ2n) is 6.61. The quantitative estimate of drug-likeness (QED) is 0.702. The van der Waals surface area contributed by atoms with E-state index in [1.165, 1.54) is 10.4 Å². The lowest BCUT2D eigenvalue weighted by atomic mass is 10.1. The minimum atomic E-state index is -3.70. The van der Waals surface area contributed by atoms with Crippen LogP contribution in [-0.4, -0.2) is 81.9 Å². The molecular formula is C15H23N3O5S4. The summed E-state index contributed by atoms with van der Waals surface area (Å²) in [5.41, 5.74) is 0. The molecule has 8 nitrogen and oxygen atoms in total. The first-order chi connectivity index (χ1) is 12.7. The van der Waals surface area contributed by atoms with Gasteiger partial charge in [0.05, 0.1) is 6.26 Å². The molecule has 152 valence electrons. The van der Waals surface area contributed by atoms with Crippen LogP contribution in [0.25, 0.3) is 0 Å². The fraction of sp³-hybridized carbons (Fsp3) is 0.667. The third-order valence-electron chi connectivity index (χ3n) is 4.50. The summed E-state index contributed by atoms with van der Waals surface area (Å²) in [4.78, 5) is 14.8. The molecule has 2 aliphatic heterocycles. The molecule has 2 saturated heterocycles. The van der Waals surface area contributed by atoms with Crippen molar-refractivity contribution in [1.82, 2.24) is 13.9 Å². The van der Waals surface area contributed by atoms with Gasteiger partial charge in [0.1, 0.15) is 9.77 Å². The molecule has 0 aromatic carbocycles. The van der Waals surface area contributed by atoms with Gasteiger partial charge in [0.25, 0.3) is 5.91 Å². The van der Waals surface area contributed by atoms with E-state index < -0.39 is 20.0 Å². The second-order valence-corrected chi connectivity index (χ2v) is 12.4. The minimum absolute atomic E-state index is 0.0580. The van der Waals surface area contributed by atoms with Gasteiger partial charge in [0, 0.05) is 43.7 Å². The van der Waals surface area contributed by atoms with Gasteiger partial charge in [0.2, 0.25) is 20.0 Å². The number of likely N-dealkylation sites (tertiary alicyclic amines) is 1. The number of carbonyl (C=O) groups is 1. The zero-order valence-corrected chi connectivity index (χ0v) is 18.2. The molecule has 1 amide bonds. The van der Waals surface area contributed by atoms with Crippen molar-refractivity contribution in [1.29, 1.82) is 0 Å². The predicted molar refractivity (Wildman–Crippen MR) is 107 cm³/mol. The zero-order valence-electron chi connectivity index (χ0n) is 15.0. The standard InChI is InChI=1S/C15H23N3O5S4/c1-26(20,21)16-12-3-2-5-17(11-12)15(19)14-13(4-8-25-14)27(22,23)18-6-9-24-10-7-18/h4,8,12,16H,2-3,5-7,9-11H2,1H3. The van der Waals surface area contributed by atoms with Crippen molar-refractivity contribution in [2.75, 3.05) is 43.9 Å². The van der Waals surface area contributed by atoms with Crippen LogP contribution in [0.15, 0.2) is 16.3 Å². The SMILES string of the molecule is CS(=O)(=O)NC1CCCN(C(=O)c2sccc2S(=O)(=O)N2CCSCC2)C1. The number of thiophene rings is 1. The Balaban J connectivity index is 1.79. The van der Waals surface area contributed by atoms with E-state index in [9.17, 15) is 21.6 Å². The van der Waals surface area contributed by atoms with Crippen molar-refractivity contribution < 1.29 is 21.6 Å². The van der Waals surface area contributed by atoms with E-state index in [0.29, 0.717) is 32.5 Å². The Bertz CT molecular complexity index is 890. The molecule has 1 N–H and O–H groups in total. The molecule has 2 fully saturated rings. The smallest absolute Gasteiger partial charge is 0.265 e. The summed E-state index contributed by atoms with van der Waals surface area (Å²) in [6.45, 7) is 1.61. The summed E-state index contributed by atoms with van der Waals surface area (Å²) in [6, 6.07) is 1.14. The van der Waals surface area contributed by atoms with Gasteiger partial charge in [-0.25, -0.2) is 21.6 Å². The van der Waals surface area contributed by atoms with Crippen LogP contribution in [0.3, 0.4) is 0 Å². The molecule has 1 aromatic rings. The number of carbonyl (C=O) groups excluding carboxylic acids is 1. The zero-order chi connectivity index (χ0) is 19.7. The highest BCUT2D eigenvalue weighted by Crippen LogP contribution is 2.29. The summed E-state index contributed by atoms with van der Waals surface area (Å²) in [5, 5.41) is 1.62. The second kappa shape index (κ2) is 8.37. The molecule has 3 heterocycles. The maximum absolute atomic E-state index is 13.0. The molecular weight excluding hydrogens is 430 g/mol. The van der Waals surface area contributed by atoms with Gasteiger partial charge in [0.15, 0.2) is 0 Å². The van der Waals surface area contributed by atoms with E-state index in [-0.39, 0.29) is 28.3 Å². The van der Waals surface area contributed by atoms with Crippen LogP contribution in [0.5, 0.6) is 0 Å². The minimum Gasteiger partial charge on any atom is -0.336 e. The number of hydrogen-bond acceptors (Lipinski definition) is 7. The lowest BCUT2D eigenvalue weighted by Crippen LogP contribution is -2.49. The van der Waals surface area contributed by atoms with Gasteiger partial charge < -0.3 is 4.90 Å². The van der Waals surface area contributed by atoms with Crippen LogP contribution < -0.4 is 4.72 Å². The Kier molecular flexibility index (Phi) is 6.53. The Morgan fingerprint density at radius 1 is 1.19 bits per heavy atom. The van der Waals surface area contributed by atoms with Crippen LogP contribution in [0.2, 0.25) is 0 Å². The third-order valence-corrected chi connectivity index (χ3v) is 9.18. The average Bonchev–Trinajstić information content (AvgIpc) is 3.11. The normalized spacial score (nSPS) is 22.7. The molecule has 1 aromatic heterocycles. The van der Waals surface area contributed by atoms with Crippen LogP contribution in [0, 0.1) is 0 Å². The highest BCUT2D eigenvalue weighted by atomic mass is 32.2. The van der Waals surface area contributed by atoms with Gasteiger partial charge in [-0.2, -0.15) is 16.1 Å². The Labute approximate surface area is 168 Å². The number of nitrogens with zero attached hydrogens (tertiary/aromatic N) is 2. The van der Waals surface area contributed by atoms with Crippen molar-refractivity contribution >= 4 is 49.1 Å². The van der Waals surface area contributed by atoms with Crippen LogP contribution >= 0.6 is 23.1 Å². The summed E-state index contributed by atoms with van der Waals surface area (Å²) in [5.74, 6) is 1.14. The van der Waals surface area contributed by atoms with Gasteiger partial charge in [-0.15, -0.1) is 11.3 Å². The molecule has 3 rings (SSSR count). The average molecular weight is 454 g/mol. The number of sulfonamides is 2. The van der Waals surface area contributed by atoms with E-state index in [1.807, 2.05) is 0 Å². The molecule has 0 saturated carbocycles. The number of piperidine rings is 1. The first kappa shape index (κ1) is 21.1. The van der Waals surface area contributed by atoms with Gasteiger partial charge in [-0.3, -0.25) is 4.79 Å². The molecule has 2 aliphatic rings. The lowest BCUT2D eigenvalue weighted by molar-refractivity contribution is 0.0704. The molecule has 0 radical (unpaired) electrons. The predicted octanol–water partition coefficient (Wildman–Crippen LogP) is 0.639.